The molecule has 0 unspecified atom stereocenters. The van der Waals surface area contributed by atoms with Crippen LogP contribution in [0, 0.1) is 6.92 Å². The summed E-state index contributed by atoms with van der Waals surface area (Å²) < 4.78 is 5.65. The Kier molecular flexibility index (Phi) is 6.21. The molecule has 2 aliphatic rings. The Morgan fingerprint density at radius 2 is 1.86 bits per heavy atom. The summed E-state index contributed by atoms with van der Waals surface area (Å²) in [5.74, 6) is 0.483. The van der Waals surface area contributed by atoms with Crippen LogP contribution in [-0.4, -0.2) is 59.9 Å². The van der Waals surface area contributed by atoms with Crippen molar-refractivity contribution in [2.45, 2.75) is 51.0 Å². The number of likely N-dealkylation sites (N-methyl/N-ethyl adjacent to an activating group) is 1. The van der Waals surface area contributed by atoms with Gasteiger partial charge in [-0.3, -0.25) is 14.5 Å². The average Bonchev–Trinajstić information content (AvgIpc) is 2.91. The maximum absolute atomic E-state index is 12.7. The Morgan fingerprint density at radius 3 is 2.54 bits per heavy atom. The number of aryl methyl sites for hydroxylation is 1. The molecule has 4 amide bonds. The molecule has 1 heterocycles. The van der Waals surface area contributed by atoms with Gasteiger partial charge in [0.15, 0.2) is 0 Å². The Hall–Kier alpha value is -2.57. The number of carbonyl (C=O) groups is 3. The molecule has 1 aliphatic heterocycles. The summed E-state index contributed by atoms with van der Waals surface area (Å²) in [7, 11) is 1.70. The normalized spacial score (nSPS) is 18.3. The van der Waals surface area contributed by atoms with Gasteiger partial charge in [0, 0.05) is 20.0 Å². The Bertz CT molecular complexity index is 726. The quantitative estimate of drug-likeness (QED) is 0.729. The molecule has 2 fully saturated rings. The van der Waals surface area contributed by atoms with E-state index in [-0.39, 0.29) is 30.8 Å². The molecule has 1 aromatic rings. The number of hydrogen-bond acceptors (Lipinski definition) is 4. The van der Waals surface area contributed by atoms with Crippen molar-refractivity contribution >= 4 is 17.8 Å². The number of hydrogen-bond donors (Lipinski definition) is 1. The summed E-state index contributed by atoms with van der Waals surface area (Å²) in [4.78, 5) is 40.1. The van der Waals surface area contributed by atoms with Gasteiger partial charge in [0.1, 0.15) is 17.9 Å². The molecule has 0 aromatic heterocycles. The number of benzene rings is 1. The molecular formula is C21H29N3O4. The second-order valence-corrected chi connectivity index (χ2v) is 7.76. The summed E-state index contributed by atoms with van der Waals surface area (Å²) in [6.45, 7) is 2.96. The zero-order valence-corrected chi connectivity index (χ0v) is 16.7. The number of carbonyl (C=O) groups excluding carboxylic acids is 3. The van der Waals surface area contributed by atoms with Crippen LogP contribution in [0.25, 0.3) is 0 Å². The first-order valence-electron chi connectivity index (χ1n) is 9.99. The maximum Gasteiger partial charge on any atom is 0.325 e. The zero-order valence-electron chi connectivity index (χ0n) is 16.7. The average molecular weight is 387 g/mol. The number of imide groups is 1. The molecule has 7 nitrogen and oxygen atoms in total. The van der Waals surface area contributed by atoms with Gasteiger partial charge < -0.3 is 15.0 Å². The minimum absolute atomic E-state index is 0.113. The lowest BCUT2D eigenvalue weighted by molar-refractivity contribution is -0.134. The number of nitrogens with zero attached hydrogens (tertiary/aromatic N) is 2. The van der Waals surface area contributed by atoms with Crippen LogP contribution in [0.15, 0.2) is 24.3 Å². The third kappa shape index (κ3) is 4.46. The van der Waals surface area contributed by atoms with E-state index in [0.29, 0.717) is 26.0 Å². The highest BCUT2D eigenvalue weighted by Crippen LogP contribution is 2.33. The fourth-order valence-electron chi connectivity index (χ4n) is 3.83. The summed E-state index contributed by atoms with van der Waals surface area (Å²) in [6.07, 6.45) is 4.50. The van der Waals surface area contributed by atoms with Gasteiger partial charge in [-0.2, -0.15) is 0 Å². The molecule has 0 bridgehead atoms. The van der Waals surface area contributed by atoms with Crippen molar-refractivity contribution < 1.29 is 19.1 Å². The largest absolute Gasteiger partial charge is 0.492 e. The highest BCUT2D eigenvalue weighted by Gasteiger charge is 2.51. The molecule has 152 valence electrons. The molecule has 1 aliphatic carbocycles. The lowest BCUT2D eigenvalue weighted by atomic mass is 9.82. The van der Waals surface area contributed by atoms with Crippen LogP contribution in [0.3, 0.4) is 0 Å². The highest BCUT2D eigenvalue weighted by atomic mass is 16.5. The van der Waals surface area contributed by atoms with E-state index < -0.39 is 5.54 Å². The van der Waals surface area contributed by atoms with Crippen LogP contribution < -0.4 is 10.1 Å². The van der Waals surface area contributed by atoms with Crippen molar-refractivity contribution in [2.24, 2.45) is 0 Å². The minimum atomic E-state index is -0.730. The first kappa shape index (κ1) is 20.2. The van der Waals surface area contributed by atoms with E-state index in [2.05, 4.69) is 5.32 Å². The molecule has 28 heavy (non-hydrogen) atoms. The van der Waals surface area contributed by atoms with Crippen molar-refractivity contribution in [2.75, 3.05) is 26.7 Å². The first-order chi connectivity index (χ1) is 13.4. The van der Waals surface area contributed by atoms with Gasteiger partial charge in [-0.05, 0) is 31.9 Å². The summed E-state index contributed by atoms with van der Waals surface area (Å²) in [5, 5.41) is 2.87. The van der Waals surface area contributed by atoms with Crippen LogP contribution in [-0.2, 0) is 9.59 Å². The fourth-order valence-corrected chi connectivity index (χ4v) is 3.83. The summed E-state index contributed by atoms with van der Waals surface area (Å²) >= 11 is 0. The van der Waals surface area contributed by atoms with Gasteiger partial charge in [-0.15, -0.1) is 0 Å². The molecule has 1 aromatic carbocycles. The molecule has 0 radical (unpaired) electrons. The van der Waals surface area contributed by atoms with Crippen molar-refractivity contribution in [3.8, 4) is 5.75 Å². The van der Waals surface area contributed by atoms with Crippen LogP contribution in [0.5, 0.6) is 5.75 Å². The van der Waals surface area contributed by atoms with Gasteiger partial charge in [-0.1, -0.05) is 37.0 Å². The second-order valence-electron chi connectivity index (χ2n) is 7.76. The van der Waals surface area contributed by atoms with Crippen molar-refractivity contribution in [3.63, 3.8) is 0 Å². The van der Waals surface area contributed by atoms with E-state index in [1.165, 1.54) is 4.90 Å². The number of nitrogens with one attached hydrogen (secondary N) is 1. The maximum atomic E-state index is 12.7. The van der Waals surface area contributed by atoms with Crippen LogP contribution >= 0.6 is 0 Å². The minimum Gasteiger partial charge on any atom is -0.492 e. The predicted octanol–water partition coefficient (Wildman–Crippen LogP) is 2.48. The van der Waals surface area contributed by atoms with Crippen LogP contribution in [0.1, 0.15) is 44.1 Å². The lowest BCUT2D eigenvalue weighted by Gasteiger charge is -2.30. The molecule has 1 saturated heterocycles. The van der Waals surface area contributed by atoms with E-state index in [4.69, 9.17) is 4.74 Å². The third-order valence-corrected chi connectivity index (χ3v) is 5.64. The Labute approximate surface area is 166 Å². The van der Waals surface area contributed by atoms with Gasteiger partial charge in [0.05, 0.1) is 6.54 Å². The standard InChI is InChI=1S/C21H29N3O4/c1-16-6-8-17(9-7-16)28-15-14-23(2)18(25)10-13-24-19(26)21(22-20(24)27)11-4-3-5-12-21/h6-9H,3-5,10-15H2,1-2H3,(H,22,27). The summed E-state index contributed by atoms with van der Waals surface area (Å²) in [6, 6.07) is 7.37. The molecule has 1 N–H and O–H groups in total. The topological polar surface area (TPSA) is 79.0 Å². The smallest absolute Gasteiger partial charge is 0.325 e. The summed E-state index contributed by atoms with van der Waals surface area (Å²) in [5.41, 5.74) is 0.432. The van der Waals surface area contributed by atoms with Gasteiger partial charge in [0.25, 0.3) is 5.91 Å². The van der Waals surface area contributed by atoms with E-state index in [0.717, 1.165) is 30.6 Å². The Morgan fingerprint density at radius 1 is 1.18 bits per heavy atom. The fraction of sp³-hybridized carbons (Fsp3) is 0.571. The Balaban J connectivity index is 1.43. The van der Waals surface area contributed by atoms with Crippen LogP contribution in [0.4, 0.5) is 4.79 Å². The van der Waals surface area contributed by atoms with E-state index in [9.17, 15) is 14.4 Å². The zero-order chi connectivity index (χ0) is 20.1. The molecular weight excluding hydrogens is 358 g/mol. The van der Waals surface area contributed by atoms with Crippen molar-refractivity contribution in [1.82, 2.24) is 15.1 Å². The number of urea groups is 1. The highest BCUT2D eigenvalue weighted by molar-refractivity contribution is 6.07. The second kappa shape index (κ2) is 8.63. The van der Waals surface area contributed by atoms with Gasteiger partial charge >= 0.3 is 6.03 Å². The molecule has 7 heteroatoms. The first-order valence-corrected chi connectivity index (χ1v) is 9.99. The molecule has 1 saturated carbocycles. The molecule has 1 spiro atoms. The van der Waals surface area contributed by atoms with Gasteiger partial charge in [-0.25, -0.2) is 4.79 Å². The third-order valence-electron chi connectivity index (χ3n) is 5.64. The van der Waals surface area contributed by atoms with Crippen molar-refractivity contribution in [3.05, 3.63) is 29.8 Å². The SMILES string of the molecule is Cc1ccc(OCCN(C)C(=O)CCN2C(=O)NC3(CCCCC3)C2=O)cc1. The number of rotatable bonds is 7. The monoisotopic (exact) mass is 387 g/mol. The van der Waals surface area contributed by atoms with E-state index >= 15 is 0 Å². The predicted molar refractivity (Wildman–Crippen MR) is 105 cm³/mol. The van der Waals surface area contributed by atoms with Crippen molar-refractivity contribution in [1.29, 1.82) is 0 Å². The number of ether oxygens (including phenoxy) is 1. The van der Waals surface area contributed by atoms with Gasteiger partial charge in [0.2, 0.25) is 5.91 Å². The molecule has 0 atom stereocenters. The number of amides is 4. The lowest BCUT2D eigenvalue weighted by Crippen LogP contribution is -2.48. The van der Waals surface area contributed by atoms with Crippen LogP contribution in [0.2, 0.25) is 0 Å². The molecule has 3 rings (SSSR count). The van der Waals surface area contributed by atoms with E-state index in [1.54, 1.807) is 11.9 Å². The van der Waals surface area contributed by atoms with E-state index in [1.807, 2.05) is 31.2 Å².